The fourth-order valence-electron chi connectivity index (χ4n) is 1.03. The monoisotopic (exact) mass is 250 g/mol. The maximum atomic E-state index is 11.4. The zero-order valence-corrected chi connectivity index (χ0v) is 10.3. The van der Waals surface area contributed by atoms with Gasteiger partial charge in [-0.1, -0.05) is 36.7 Å². The van der Waals surface area contributed by atoms with Crippen molar-refractivity contribution in [2.75, 3.05) is 6.61 Å². The lowest BCUT2D eigenvalue weighted by molar-refractivity contribution is -0.148. The number of hydrogen-bond donors (Lipinski definition) is 0. The topological polar surface area (TPSA) is 26.3 Å². The maximum Gasteiger partial charge on any atom is 0.308 e. The first-order chi connectivity index (χ1) is 6.15. The third-order valence-corrected chi connectivity index (χ3v) is 3.08. The van der Waals surface area contributed by atoms with Gasteiger partial charge in [-0.05, 0) is 19.3 Å². The molecule has 0 N–H and O–H groups in total. The summed E-state index contributed by atoms with van der Waals surface area (Å²) >= 11 is 3.42. The van der Waals surface area contributed by atoms with E-state index in [0.717, 1.165) is 19.3 Å². The van der Waals surface area contributed by atoms with Gasteiger partial charge in [0, 0.05) is 4.83 Å². The van der Waals surface area contributed by atoms with Gasteiger partial charge in [0.2, 0.25) is 0 Å². The molecule has 0 heterocycles. The molecule has 0 rings (SSSR count). The summed E-state index contributed by atoms with van der Waals surface area (Å²) in [6.45, 7) is 6.58. The van der Waals surface area contributed by atoms with Gasteiger partial charge >= 0.3 is 5.97 Å². The van der Waals surface area contributed by atoms with E-state index >= 15 is 0 Å². The van der Waals surface area contributed by atoms with Crippen LogP contribution in [0.1, 0.15) is 40.0 Å². The van der Waals surface area contributed by atoms with Crippen molar-refractivity contribution in [1.29, 1.82) is 0 Å². The number of ether oxygens (including phenoxy) is 1. The molecule has 0 radical (unpaired) electrons. The molecule has 1 unspecified atom stereocenters. The average molecular weight is 251 g/mol. The molecule has 0 aromatic heterocycles. The second-order valence-corrected chi connectivity index (χ2v) is 4.44. The van der Waals surface area contributed by atoms with Crippen LogP contribution in [-0.4, -0.2) is 17.4 Å². The first kappa shape index (κ1) is 12.9. The second kappa shape index (κ2) is 7.36. The Kier molecular flexibility index (Phi) is 7.33. The van der Waals surface area contributed by atoms with Gasteiger partial charge < -0.3 is 4.74 Å². The molecule has 0 saturated heterocycles. The molecule has 0 saturated carbocycles. The van der Waals surface area contributed by atoms with Gasteiger partial charge in [0.1, 0.15) is 6.61 Å². The SMILES string of the molecule is CCC(Br)COC(=O)C(CC)CC. The number of carbonyl (C=O) groups excluding carboxylic acids is 1. The average Bonchev–Trinajstić information content (AvgIpc) is 2.16. The number of halogens is 1. The van der Waals surface area contributed by atoms with Crippen LogP contribution in [0.25, 0.3) is 0 Å². The molecule has 0 aromatic rings. The Hall–Kier alpha value is -0.0500. The van der Waals surface area contributed by atoms with Gasteiger partial charge in [-0.15, -0.1) is 0 Å². The Morgan fingerprint density at radius 1 is 1.23 bits per heavy atom. The Morgan fingerprint density at radius 3 is 2.15 bits per heavy atom. The standard InChI is InChI=1S/C10H19BrO2/c1-4-8(5-2)10(12)13-7-9(11)6-3/h8-9H,4-7H2,1-3H3. The third kappa shape index (κ3) is 5.29. The van der Waals surface area contributed by atoms with Gasteiger partial charge in [0.15, 0.2) is 0 Å². The van der Waals surface area contributed by atoms with E-state index in [-0.39, 0.29) is 11.9 Å². The minimum atomic E-state index is -0.0529. The maximum absolute atomic E-state index is 11.4. The summed E-state index contributed by atoms with van der Waals surface area (Å²) in [5.41, 5.74) is 0. The molecule has 0 amide bonds. The van der Waals surface area contributed by atoms with E-state index < -0.39 is 0 Å². The highest BCUT2D eigenvalue weighted by molar-refractivity contribution is 9.09. The van der Waals surface area contributed by atoms with Crippen LogP contribution in [0.4, 0.5) is 0 Å². The Labute approximate surface area is 89.2 Å². The van der Waals surface area contributed by atoms with Crippen molar-refractivity contribution in [3.63, 3.8) is 0 Å². The number of rotatable bonds is 6. The number of carbonyl (C=O) groups is 1. The quantitative estimate of drug-likeness (QED) is 0.535. The van der Waals surface area contributed by atoms with E-state index in [1.807, 2.05) is 13.8 Å². The van der Waals surface area contributed by atoms with Gasteiger partial charge in [-0.2, -0.15) is 0 Å². The van der Waals surface area contributed by atoms with E-state index in [2.05, 4.69) is 22.9 Å². The normalized spacial score (nSPS) is 13.0. The smallest absolute Gasteiger partial charge is 0.308 e. The van der Waals surface area contributed by atoms with E-state index in [1.165, 1.54) is 0 Å². The van der Waals surface area contributed by atoms with Crippen molar-refractivity contribution < 1.29 is 9.53 Å². The summed E-state index contributed by atoms with van der Waals surface area (Å²) < 4.78 is 5.15. The summed E-state index contributed by atoms with van der Waals surface area (Å²) in [4.78, 5) is 11.7. The van der Waals surface area contributed by atoms with E-state index in [1.54, 1.807) is 0 Å². The highest BCUT2D eigenvalue weighted by Gasteiger charge is 2.16. The van der Waals surface area contributed by atoms with Gasteiger partial charge in [0.25, 0.3) is 0 Å². The second-order valence-electron chi connectivity index (χ2n) is 3.15. The van der Waals surface area contributed by atoms with Crippen molar-refractivity contribution >= 4 is 21.9 Å². The number of esters is 1. The Morgan fingerprint density at radius 2 is 1.77 bits per heavy atom. The largest absolute Gasteiger partial charge is 0.464 e. The molecule has 0 fully saturated rings. The van der Waals surface area contributed by atoms with Gasteiger partial charge in [-0.25, -0.2) is 0 Å². The molecule has 0 aromatic carbocycles. The summed E-state index contributed by atoms with van der Waals surface area (Å²) in [5, 5.41) is 0. The van der Waals surface area contributed by atoms with Crippen molar-refractivity contribution in [3.8, 4) is 0 Å². The summed E-state index contributed by atoms with van der Waals surface area (Å²) in [5.74, 6) is 0.0273. The molecular formula is C10H19BrO2. The fraction of sp³-hybridized carbons (Fsp3) is 0.900. The molecule has 13 heavy (non-hydrogen) atoms. The van der Waals surface area contributed by atoms with E-state index in [0.29, 0.717) is 11.4 Å². The third-order valence-electron chi connectivity index (χ3n) is 2.17. The molecule has 78 valence electrons. The van der Waals surface area contributed by atoms with Crippen molar-refractivity contribution in [3.05, 3.63) is 0 Å². The summed E-state index contributed by atoms with van der Waals surface area (Å²) in [7, 11) is 0. The molecular weight excluding hydrogens is 232 g/mol. The predicted molar refractivity (Wildman–Crippen MR) is 58.0 cm³/mol. The van der Waals surface area contributed by atoms with E-state index in [9.17, 15) is 4.79 Å². The van der Waals surface area contributed by atoms with Crippen LogP contribution in [0.5, 0.6) is 0 Å². The zero-order valence-electron chi connectivity index (χ0n) is 8.68. The molecule has 0 aliphatic carbocycles. The lowest BCUT2D eigenvalue weighted by Crippen LogP contribution is -2.20. The van der Waals surface area contributed by atoms with Crippen molar-refractivity contribution in [2.24, 2.45) is 5.92 Å². The van der Waals surface area contributed by atoms with Crippen LogP contribution in [0.15, 0.2) is 0 Å². The highest BCUT2D eigenvalue weighted by atomic mass is 79.9. The van der Waals surface area contributed by atoms with Crippen molar-refractivity contribution in [2.45, 2.75) is 44.9 Å². The van der Waals surface area contributed by atoms with Crippen LogP contribution in [0.3, 0.4) is 0 Å². The number of alkyl halides is 1. The lowest BCUT2D eigenvalue weighted by atomic mass is 10.0. The first-order valence-corrected chi connectivity index (χ1v) is 5.87. The molecule has 1 atom stereocenters. The first-order valence-electron chi connectivity index (χ1n) is 4.96. The summed E-state index contributed by atoms with van der Waals surface area (Å²) in [6.07, 6.45) is 2.72. The molecule has 0 spiro atoms. The van der Waals surface area contributed by atoms with Crippen molar-refractivity contribution in [1.82, 2.24) is 0 Å². The molecule has 2 nitrogen and oxygen atoms in total. The molecule has 0 bridgehead atoms. The molecule has 3 heteroatoms. The van der Waals surface area contributed by atoms with Crippen LogP contribution in [0.2, 0.25) is 0 Å². The Bertz CT molecular complexity index is 144. The molecule has 0 aliphatic heterocycles. The molecule has 0 aliphatic rings. The van der Waals surface area contributed by atoms with Crippen LogP contribution < -0.4 is 0 Å². The zero-order chi connectivity index (χ0) is 10.3. The highest BCUT2D eigenvalue weighted by Crippen LogP contribution is 2.11. The van der Waals surface area contributed by atoms with Crippen LogP contribution in [0, 0.1) is 5.92 Å². The van der Waals surface area contributed by atoms with Crippen LogP contribution in [-0.2, 0) is 9.53 Å². The van der Waals surface area contributed by atoms with Gasteiger partial charge in [0.05, 0.1) is 5.92 Å². The minimum Gasteiger partial charge on any atom is -0.464 e. The van der Waals surface area contributed by atoms with E-state index in [4.69, 9.17) is 4.74 Å². The minimum absolute atomic E-state index is 0.0529. The number of hydrogen-bond acceptors (Lipinski definition) is 2. The fourth-order valence-corrected chi connectivity index (χ4v) is 1.16. The van der Waals surface area contributed by atoms with Gasteiger partial charge in [-0.3, -0.25) is 4.79 Å². The predicted octanol–water partition coefficient (Wildman–Crippen LogP) is 3.14. The summed E-state index contributed by atoms with van der Waals surface area (Å²) in [6, 6.07) is 0. The van der Waals surface area contributed by atoms with Crippen LogP contribution >= 0.6 is 15.9 Å². The Balaban J connectivity index is 3.72. The lowest BCUT2D eigenvalue weighted by Gasteiger charge is -2.13.